The summed E-state index contributed by atoms with van der Waals surface area (Å²) < 4.78 is 45.1. The van der Waals surface area contributed by atoms with Crippen LogP contribution in [0.3, 0.4) is 0 Å². The molecule has 0 spiro atoms. The average molecular weight is 406 g/mol. The molecule has 1 saturated heterocycles. The van der Waals surface area contributed by atoms with Crippen LogP contribution in [0.25, 0.3) is 0 Å². The molecule has 0 aliphatic carbocycles. The van der Waals surface area contributed by atoms with Crippen LogP contribution in [0.15, 0.2) is 36.4 Å². The number of nitrogens with one attached hydrogen (secondary N) is 1. The first kappa shape index (κ1) is 21.0. The number of aryl methyl sites for hydroxylation is 2. The molecular weight excluding hydrogens is 381 g/mol. The number of ether oxygens (including phenoxy) is 1. The van der Waals surface area contributed by atoms with E-state index in [1.54, 1.807) is 0 Å². The summed E-state index contributed by atoms with van der Waals surface area (Å²) in [5.74, 6) is 0.324. The maximum atomic E-state index is 13.1. The maximum absolute atomic E-state index is 13.1. The molecule has 1 fully saturated rings. The molecule has 7 heteroatoms. The van der Waals surface area contributed by atoms with Crippen molar-refractivity contribution in [3.8, 4) is 5.75 Å². The molecule has 1 amide bonds. The molecule has 2 aromatic rings. The summed E-state index contributed by atoms with van der Waals surface area (Å²) in [5.41, 5.74) is 2.06. The van der Waals surface area contributed by atoms with E-state index in [1.165, 1.54) is 6.07 Å². The van der Waals surface area contributed by atoms with Gasteiger partial charge in [-0.2, -0.15) is 13.2 Å². The molecule has 1 aliphatic heterocycles. The number of hydrogen-bond donors (Lipinski definition) is 1. The van der Waals surface area contributed by atoms with Crippen LogP contribution in [0.5, 0.6) is 5.75 Å². The van der Waals surface area contributed by atoms with Crippen LogP contribution in [-0.2, 0) is 11.0 Å². The molecule has 0 radical (unpaired) electrons. The van der Waals surface area contributed by atoms with Crippen LogP contribution in [-0.4, -0.2) is 25.6 Å². The van der Waals surface area contributed by atoms with E-state index in [0.29, 0.717) is 11.4 Å². The second-order valence-corrected chi connectivity index (χ2v) is 7.34. The van der Waals surface area contributed by atoms with Crippen LogP contribution in [0.2, 0.25) is 0 Å². The van der Waals surface area contributed by atoms with Gasteiger partial charge in [0.1, 0.15) is 5.75 Å². The van der Waals surface area contributed by atoms with E-state index < -0.39 is 11.7 Å². The molecule has 1 aliphatic rings. The van der Waals surface area contributed by atoms with Crippen molar-refractivity contribution in [2.75, 3.05) is 29.9 Å². The number of carbonyl (C=O) groups is 1. The van der Waals surface area contributed by atoms with E-state index in [9.17, 15) is 18.0 Å². The van der Waals surface area contributed by atoms with E-state index in [2.05, 4.69) is 5.32 Å². The molecule has 29 heavy (non-hydrogen) atoms. The Morgan fingerprint density at radius 2 is 1.83 bits per heavy atom. The zero-order chi connectivity index (χ0) is 21.0. The Morgan fingerprint density at radius 3 is 2.52 bits per heavy atom. The van der Waals surface area contributed by atoms with E-state index >= 15 is 0 Å². The third-order valence-corrected chi connectivity index (χ3v) is 4.98. The van der Waals surface area contributed by atoms with Gasteiger partial charge in [0.25, 0.3) is 0 Å². The molecule has 1 heterocycles. The quantitative estimate of drug-likeness (QED) is 0.705. The van der Waals surface area contributed by atoms with Crippen LogP contribution in [0.4, 0.5) is 24.5 Å². The lowest BCUT2D eigenvalue weighted by Gasteiger charge is -2.23. The first-order valence-electron chi connectivity index (χ1n) is 9.70. The number of carbonyl (C=O) groups excluding carboxylic acids is 1. The molecule has 0 aromatic heterocycles. The Balaban J connectivity index is 1.68. The molecule has 0 unspecified atom stereocenters. The van der Waals surface area contributed by atoms with Gasteiger partial charge >= 0.3 is 6.18 Å². The lowest BCUT2D eigenvalue weighted by molar-refractivity contribution is -0.137. The van der Waals surface area contributed by atoms with Gasteiger partial charge in [-0.25, -0.2) is 0 Å². The minimum atomic E-state index is -4.46. The normalized spacial score (nSPS) is 14.2. The van der Waals surface area contributed by atoms with E-state index in [-0.39, 0.29) is 24.6 Å². The zero-order valence-corrected chi connectivity index (χ0v) is 16.6. The third kappa shape index (κ3) is 5.43. The lowest BCUT2D eigenvalue weighted by atomic mass is 10.1. The van der Waals surface area contributed by atoms with Gasteiger partial charge in [0, 0.05) is 13.1 Å². The van der Waals surface area contributed by atoms with Crippen LogP contribution in [0.1, 0.15) is 36.0 Å². The first-order valence-corrected chi connectivity index (χ1v) is 9.70. The fourth-order valence-electron chi connectivity index (χ4n) is 3.38. The number of amides is 1. The summed E-state index contributed by atoms with van der Waals surface area (Å²) in [7, 11) is 0. The Labute approximate surface area is 168 Å². The number of anilines is 2. The fourth-order valence-corrected chi connectivity index (χ4v) is 3.38. The summed E-state index contributed by atoms with van der Waals surface area (Å²) in [4.78, 5) is 14.4. The highest BCUT2D eigenvalue weighted by Crippen LogP contribution is 2.36. The van der Waals surface area contributed by atoms with Crippen molar-refractivity contribution in [2.45, 2.75) is 39.3 Å². The molecule has 0 bridgehead atoms. The van der Waals surface area contributed by atoms with E-state index in [1.807, 2.05) is 36.9 Å². The minimum absolute atomic E-state index is 0.0447. The zero-order valence-electron chi connectivity index (χ0n) is 16.6. The number of rotatable bonds is 6. The second-order valence-electron chi connectivity index (χ2n) is 7.34. The summed E-state index contributed by atoms with van der Waals surface area (Å²) in [6, 6.07) is 9.32. The minimum Gasteiger partial charge on any atom is -0.493 e. The van der Waals surface area contributed by atoms with Gasteiger partial charge < -0.3 is 15.0 Å². The highest BCUT2D eigenvalue weighted by Gasteiger charge is 2.32. The standard InChI is InChI=1S/C22H25F3N2O2/c1-15-5-6-16(2)20(13-15)29-12-9-21(28)26-18-14-17(22(23,24)25)7-8-19(18)27-10-3-4-11-27/h5-8,13-14H,3-4,9-12H2,1-2H3,(H,26,28). The number of hydrogen-bond acceptors (Lipinski definition) is 3. The molecule has 0 saturated carbocycles. The molecule has 4 nitrogen and oxygen atoms in total. The highest BCUT2D eigenvalue weighted by molar-refractivity contribution is 5.94. The first-order chi connectivity index (χ1) is 13.7. The predicted molar refractivity (Wildman–Crippen MR) is 108 cm³/mol. The van der Waals surface area contributed by atoms with Gasteiger partial charge in [0.15, 0.2) is 0 Å². The van der Waals surface area contributed by atoms with Crippen molar-refractivity contribution in [3.05, 3.63) is 53.1 Å². The summed E-state index contributed by atoms with van der Waals surface area (Å²) in [6.07, 6.45) is -2.45. The van der Waals surface area contributed by atoms with Gasteiger partial charge in [-0.3, -0.25) is 4.79 Å². The lowest BCUT2D eigenvalue weighted by Crippen LogP contribution is -2.22. The van der Waals surface area contributed by atoms with Gasteiger partial charge in [-0.15, -0.1) is 0 Å². The number of benzene rings is 2. The van der Waals surface area contributed by atoms with Crippen molar-refractivity contribution < 1.29 is 22.7 Å². The number of halogens is 3. The van der Waals surface area contributed by atoms with Gasteiger partial charge in [-0.1, -0.05) is 12.1 Å². The second kappa shape index (κ2) is 8.76. The van der Waals surface area contributed by atoms with Crippen molar-refractivity contribution in [3.63, 3.8) is 0 Å². The van der Waals surface area contributed by atoms with Crippen molar-refractivity contribution in [1.82, 2.24) is 0 Å². The Kier molecular flexibility index (Phi) is 6.35. The Morgan fingerprint density at radius 1 is 1.10 bits per heavy atom. The molecule has 3 rings (SSSR count). The summed E-state index contributed by atoms with van der Waals surface area (Å²) in [5, 5.41) is 2.65. The molecular formula is C22H25F3N2O2. The van der Waals surface area contributed by atoms with Gasteiger partial charge in [-0.05, 0) is 62.1 Å². The average Bonchev–Trinajstić information content (AvgIpc) is 3.18. The van der Waals surface area contributed by atoms with E-state index in [4.69, 9.17) is 4.74 Å². The molecule has 2 aromatic carbocycles. The number of alkyl halides is 3. The largest absolute Gasteiger partial charge is 0.493 e. The summed E-state index contributed by atoms with van der Waals surface area (Å²) >= 11 is 0. The third-order valence-electron chi connectivity index (χ3n) is 4.98. The smallest absolute Gasteiger partial charge is 0.416 e. The van der Waals surface area contributed by atoms with Crippen molar-refractivity contribution in [1.29, 1.82) is 0 Å². The summed E-state index contributed by atoms with van der Waals surface area (Å²) in [6.45, 7) is 5.55. The van der Waals surface area contributed by atoms with Gasteiger partial charge in [0.05, 0.1) is 30.0 Å². The number of nitrogens with zero attached hydrogens (tertiary/aromatic N) is 1. The fraction of sp³-hybridized carbons (Fsp3) is 0.409. The maximum Gasteiger partial charge on any atom is 0.416 e. The van der Waals surface area contributed by atoms with Crippen LogP contribution in [0, 0.1) is 13.8 Å². The SMILES string of the molecule is Cc1ccc(C)c(OCCC(=O)Nc2cc(C(F)(F)F)ccc2N2CCCC2)c1. The predicted octanol–water partition coefficient (Wildman–Crippen LogP) is 5.33. The molecule has 0 atom stereocenters. The van der Waals surface area contributed by atoms with Crippen LogP contribution < -0.4 is 15.0 Å². The van der Waals surface area contributed by atoms with Gasteiger partial charge in [0.2, 0.25) is 5.91 Å². The topological polar surface area (TPSA) is 41.6 Å². The Bertz CT molecular complexity index is 875. The van der Waals surface area contributed by atoms with Crippen molar-refractivity contribution >= 4 is 17.3 Å². The van der Waals surface area contributed by atoms with E-state index in [0.717, 1.165) is 49.2 Å². The molecule has 156 valence electrons. The highest BCUT2D eigenvalue weighted by atomic mass is 19.4. The monoisotopic (exact) mass is 406 g/mol. The molecule has 1 N–H and O–H groups in total. The van der Waals surface area contributed by atoms with Crippen molar-refractivity contribution in [2.24, 2.45) is 0 Å². The van der Waals surface area contributed by atoms with Crippen LogP contribution >= 0.6 is 0 Å². The Hall–Kier alpha value is -2.70.